The van der Waals surface area contributed by atoms with Crippen LogP contribution in [0.1, 0.15) is 0 Å². The Hall–Kier alpha value is -2.26. The van der Waals surface area contributed by atoms with Crippen LogP contribution in [0.15, 0.2) is 12.1 Å². The second-order valence-electron chi connectivity index (χ2n) is 5.05. The van der Waals surface area contributed by atoms with Crippen molar-refractivity contribution in [3.63, 3.8) is 0 Å². The molecule has 0 unspecified atom stereocenters. The Kier molecular flexibility index (Phi) is 6.24. The SMILES string of the molecule is COCCOc1nc(N2CCN(CC=O)CC2)ccc1[N+](=O)[O-]. The maximum absolute atomic E-state index is 11.1. The molecule has 1 aromatic heterocycles. The van der Waals surface area contributed by atoms with Crippen LogP contribution in [0.3, 0.4) is 0 Å². The van der Waals surface area contributed by atoms with Crippen LogP contribution in [0.5, 0.6) is 5.88 Å². The monoisotopic (exact) mass is 324 g/mol. The number of piperazine rings is 1. The van der Waals surface area contributed by atoms with E-state index in [4.69, 9.17) is 9.47 Å². The molecule has 126 valence electrons. The Labute approximate surface area is 133 Å². The van der Waals surface area contributed by atoms with Crippen molar-refractivity contribution in [1.29, 1.82) is 0 Å². The fraction of sp³-hybridized carbons (Fsp3) is 0.571. The summed E-state index contributed by atoms with van der Waals surface area (Å²) in [5.74, 6) is 0.633. The maximum atomic E-state index is 11.1. The minimum Gasteiger partial charge on any atom is -0.470 e. The number of methoxy groups -OCH3 is 1. The Morgan fingerprint density at radius 1 is 1.30 bits per heavy atom. The summed E-state index contributed by atoms with van der Waals surface area (Å²) in [6, 6.07) is 3.03. The first-order chi connectivity index (χ1) is 11.2. The summed E-state index contributed by atoms with van der Waals surface area (Å²) in [4.78, 5) is 29.4. The number of aldehydes is 1. The Morgan fingerprint density at radius 2 is 2.04 bits per heavy atom. The number of aromatic nitrogens is 1. The molecule has 0 aromatic carbocycles. The van der Waals surface area contributed by atoms with E-state index in [0.29, 0.717) is 32.1 Å². The number of anilines is 1. The summed E-state index contributed by atoms with van der Waals surface area (Å²) >= 11 is 0. The minimum atomic E-state index is -0.513. The third kappa shape index (κ3) is 4.60. The molecule has 0 amide bonds. The molecule has 1 saturated heterocycles. The number of nitrogens with zero attached hydrogens (tertiary/aromatic N) is 4. The molecule has 23 heavy (non-hydrogen) atoms. The summed E-state index contributed by atoms with van der Waals surface area (Å²) in [5, 5.41) is 11.1. The molecular weight excluding hydrogens is 304 g/mol. The standard InChI is InChI=1S/C14H20N4O5/c1-22-10-11-23-14-12(18(20)21)2-3-13(15-14)17-6-4-16(5-7-17)8-9-19/h2-3,9H,4-8,10-11H2,1H3. The van der Waals surface area contributed by atoms with E-state index in [9.17, 15) is 14.9 Å². The first-order valence-corrected chi connectivity index (χ1v) is 7.34. The zero-order valence-corrected chi connectivity index (χ0v) is 13.0. The Morgan fingerprint density at radius 3 is 2.65 bits per heavy atom. The van der Waals surface area contributed by atoms with Crippen molar-refractivity contribution >= 4 is 17.8 Å². The van der Waals surface area contributed by atoms with Gasteiger partial charge in [0.25, 0.3) is 5.88 Å². The van der Waals surface area contributed by atoms with Crippen LogP contribution in [0.4, 0.5) is 11.5 Å². The number of carbonyl (C=O) groups excluding carboxylic acids is 1. The number of rotatable bonds is 8. The van der Waals surface area contributed by atoms with Gasteiger partial charge in [-0.1, -0.05) is 0 Å². The van der Waals surface area contributed by atoms with Crippen LogP contribution in [0.25, 0.3) is 0 Å². The third-order valence-electron chi connectivity index (χ3n) is 3.58. The number of nitro groups is 1. The van der Waals surface area contributed by atoms with Crippen LogP contribution in [0.2, 0.25) is 0 Å². The topological polar surface area (TPSA) is 98.0 Å². The van der Waals surface area contributed by atoms with Crippen molar-refractivity contribution in [1.82, 2.24) is 9.88 Å². The van der Waals surface area contributed by atoms with E-state index >= 15 is 0 Å². The Bertz CT molecular complexity index is 546. The molecule has 9 heteroatoms. The van der Waals surface area contributed by atoms with Gasteiger partial charge in [0, 0.05) is 39.4 Å². The summed E-state index contributed by atoms with van der Waals surface area (Å²) in [7, 11) is 1.53. The zero-order valence-electron chi connectivity index (χ0n) is 13.0. The molecule has 0 saturated carbocycles. The zero-order chi connectivity index (χ0) is 16.7. The number of hydrogen-bond acceptors (Lipinski definition) is 8. The van der Waals surface area contributed by atoms with Crippen LogP contribution in [-0.2, 0) is 9.53 Å². The normalized spacial score (nSPS) is 15.4. The molecule has 0 spiro atoms. The van der Waals surface area contributed by atoms with E-state index < -0.39 is 4.92 Å². The summed E-state index contributed by atoms with van der Waals surface area (Å²) < 4.78 is 10.2. The van der Waals surface area contributed by atoms with Crippen molar-refractivity contribution in [3.8, 4) is 5.88 Å². The molecular formula is C14H20N4O5. The predicted octanol–water partition coefficient (Wildman–Crippen LogP) is 0.336. The fourth-order valence-electron chi connectivity index (χ4n) is 2.33. The number of carbonyl (C=O) groups is 1. The van der Waals surface area contributed by atoms with Gasteiger partial charge in [-0.15, -0.1) is 0 Å². The molecule has 2 rings (SSSR count). The van der Waals surface area contributed by atoms with Crippen LogP contribution in [-0.4, -0.2) is 74.1 Å². The predicted molar refractivity (Wildman–Crippen MR) is 83.0 cm³/mol. The molecule has 1 aliphatic rings. The van der Waals surface area contributed by atoms with Gasteiger partial charge in [-0.25, -0.2) is 0 Å². The van der Waals surface area contributed by atoms with E-state index in [2.05, 4.69) is 4.98 Å². The van der Waals surface area contributed by atoms with Crippen LogP contribution < -0.4 is 9.64 Å². The smallest absolute Gasteiger partial charge is 0.331 e. The third-order valence-corrected chi connectivity index (χ3v) is 3.58. The molecule has 2 heterocycles. The minimum absolute atomic E-state index is 0.000119. The molecule has 0 radical (unpaired) electrons. The van der Waals surface area contributed by atoms with Crippen LogP contribution in [0, 0.1) is 10.1 Å². The van der Waals surface area contributed by atoms with Gasteiger partial charge in [0.2, 0.25) is 0 Å². The van der Waals surface area contributed by atoms with E-state index in [-0.39, 0.29) is 18.2 Å². The van der Waals surface area contributed by atoms with Crippen molar-refractivity contribution in [2.45, 2.75) is 0 Å². The van der Waals surface area contributed by atoms with Crippen LogP contribution >= 0.6 is 0 Å². The van der Waals surface area contributed by atoms with Gasteiger partial charge in [0.15, 0.2) is 0 Å². The molecule has 0 aliphatic carbocycles. The summed E-state index contributed by atoms with van der Waals surface area (Å²) in [6.07, 6.45) is 0.890. The number of pyridine rings is 1. The highest BCUT2D eigenvalue weighted by Gasteiger charge is 2.22. The lowest BCUT2D eigenvalue weighted by Gasteiger charge is -2.34. The lowest BCUT2D eigenvalue weighted by molar-refractivity contribution is -0.386. The largest absolute Gasteiger partial charge is 0.470 e. The van der Waals surface area contributed by atoms with Gasteiger partial charge < -0.3 is 19.2 Å². The van der Waals surface area contributed by atoms with Gasteiger partial charge in [-0.2, -0.15) is 4.98 Å². The summed E-state index contributed by atoms with van der Waals surface area (Å²) in [5.41, 5.74) is -0.163. The van der Waals surface area contributed by atoms with Crippen molar-refractivity contribution < 1.29 is 19.2 Å². The fourth-order valence-corrected chi connectivity index (χ4v) is 2.33. The van der Waals surface area contributed by atoms with Gasteiger partial charge in [0.1, 0.15) is 18.7 Å². The first-order valence-electron chi connectivity index (χ1n) is 7.34. The highest BCUT2D eigenvalue weighted by Crippen LogP contribution is 2.28. The summed E-state index contributed by atoms with van der Waals surface area (Å²) in [6.45, 7) is 3.85. The second kappa shape index (κ2) is 8.39. The quantitative estimate of drug-likeness (QED) is 0.292. The van der Waals surface area contributed by atoms with E-state index in [1.807, 2.05) is 9.80 Å². The molecule has 0 atom stereocenters. The average molecular weight is 324 g/mol. The van der Waals surface area contributed by atoms with Crippen molar-refractivity contribution in [2.75, 3.05) is 57.9 Å². The van der Waals surface area contributed by atoms with Gasteiger partial charge in [-0.3, -0.25) is 15.0 Å². The molecule has 0 N–H and O–H groups in total. The lowest BCUT2D eigenvalue weighted by Crippen LogP contribution is -2.47. The van der Waals surface area contributed by atoms with E-state index in [1.165, 1.54) is 13.2 Å². The maximum Gasteiger partial charge on any atom is 0.331 e. The molecule has 1 aromatic rings. The second-order valence-corrected chi connectivity index (χ2v) is 5.05. The Balaban J connectivity index is 2.09. The molecule has 0 bridgehead atoms. The lowest BCUT2D eigenvalue weighted by atomic mass is 10.3. The highest BCUT2D eigenvalue weighted by molar-refractivity contribution is 5.53. The average Bonchev–Trinajstić information content (AvgIpc) is 2.56. The molecule has 1 aliphatic heterocycles. The first kappa shape index (κ1) is 17.1. The highest BCUT2D eigenvalue weighted by atomic mass is 16.6. The van der Waals surface area contributed by atoms with Gasteiger partial charge in [0.05, 0.1) is 18.1 Å². The van der Waals surface area contributed by atoms with Crippen molar-refractivity contribution in [2.24, 2.45) is 0 Å². The van der Waals surface area contributed by atoms with Crippen molar-refractivity contribution in [3.05, 3.63) is 22.2 Å². The molecule has 1 fully saturated rings. The van der Waals surface area contributed by atoms with Gasteiger partial charge in [-0.05, 0) is 6.07 Å². The van der Waals surface area contributed by atoms with Gasteiger partial charge >= 0.3 is 5.69 Å². The van der Waals surface area contributed by atoms with E-state index in [0.717, 1.165) is 19.4 Å². The van der Waals surface area contributed by atoms with E-state index in [1.54, 1.807) is 6.07 Å². The molecule has 9 nitrogen and oxygen atoms in total. The number of ether oxygens (including phenoxy) is 2. The number of hydrogen-bond donors (Lipinski definition) is 0.